The van der Waals surface area contributed by atoms with E-state index in [-0.39, 0.29) is 5.41 Å². The lowest BCUT2D eigenvalue weighted by atomic mass is 9.53. The van der Waals surface area contributed by atoms with Crippen LogP contribution in [0.4, 0.5) is 0 Å². The van der Waals surface area contributed by atoms with Crippen molar-refractivity contribution in [2.45, 2.75) is 82.5 Å². The van der Waals surface area contributed by atoms with Crippen molar-refractivity contribution < 1.29 is 0 Å². The molecular weight excluding hydrogens is 516 g/mol. The first-order valence-electron chi connectivity index (χ1n) is 17.6. The van der Waals surface area contributed by atoms with Gasteiger partial charge in [0, 0.05) is 11.3 Å². The van der Waals surface area contributed by atoms with Gasteiger partial charge in [-0.3, -0.25) is 0 Å². The molecule has 0 amide bonds. The maximum absolute atomic E-state index is 4.54. The highest BCUT2D eigenvalue weighted by Crippen LogP contribution is 2.80. The van der Waals surface area contributed by atoms with Crippen LogP contribution in [0.5, 0.6) is 0 Å². The molecule has 2 unspecified atom stereocenters. The van der Waals surface area contributed by atoms with Crippen molar-refractivity contribution >= 4 is 65.0 Å². The first-order chi connectivity index (χ1) is 21.3. The average Bonchev–Trinajstić information content (AvgIpc) is 3.84. The second kappa shape index (κ2) is 5.21. The van der Waals surface area contributed by atoms with Crippen molar-refractivity contribution in [3.8, 4) is 0 Å². The maximum Gasteiger partial charge on any atom is 0.0361 e. The van der Waals surface area contributed by atoms with Gasteiger partial charge in [-0.05, 0) is 225 Å². The largest absolute Gasteiger partial charge is 0.103 e. The van der Waals surface area contributed by atoms with E-state index in [0.29, 0.717) is 5.92 Å². The summed E-state index contributed by atoms with van der Waals surface area (Å²) in [5, 5.41) is 19.4. The Labute approximate surface area is 248 Å². The van der Waals surface area contributed by atoms with Crippen LogP contribution in [0.3, 0.4) is 0 Å². The molecule has 0 radical (unpaired) electrons. The van der Waals surface area contributed by atoms with Crippen molar-refractivity contribution in [3.63, 3.8) is 0 Å². The molecule has 43 heavy (non-hydrogen) atoms. The van der Waals surface area contributed by atoms with Crippen LogP contribution in [0.2, 0.25) is 0 Å². The molecule has 0 saturated carbocycles. The number of rotatable bonds is 2. The Morgan fingerprint density at radius 3 is 1.95 bits per heavy atom. The van der Waals surface area contributed by atoms with Gasteiger partial charge in [0.05, 0.1) is 0 Å². The van der Waals surface area contributed by atoms with E-state index >= 15 is 0 Å². The SMILES string of the molecule is C=CC[C@]12C3=C4c5c6c7c8c9c%10c%11c(c%12c%13c%14c(c%15c(c%14c%14c(c(c5[C@@H]%141)c7%10)c%13%11)=C2C(=C3CCC4C6CC8)CC%15)CC%12)CC9. The van der Waals surface area contributed by atoms with Gasteiger partial charge in [-0.15, -0.1) is 6.58 Å². The van der Waals surface area contributed by atoms with Gasteiger partial charge in [0.15, 0.2) is 0 Å². The topological polar surface area (TPSA) is 0 Å². The molecule has 6 aromatic rings. The molecule has 0 heterocycles. The quantitative estimate of drug-likeness (QED) is 0.151. The minimum Gasteiger partial charge on any atom is -0.103 e. The van der Waals surface area contributed by atoms with Crippen LogP contribution < -0.4 is 5.22 Å². The third kappa shape index (κ3) is 1.38. The van der Waals surface area contributed by atoms with Crippen LogP contribution >= 0.6 is 0 Å². The molecular formula is C43H28. The third-order valence-electron chi connectivity index (χ3n) is 16.0. The van der Waals surface area contributed by atoms with Crippen molar-refractivity contribution in [1.29, 1.82) is 0 Å². The first kappa shape index (κ1) is 19.6. The molecule has 16 rings (SSSR count). The second-order valence-corrected chi connectivity index (χ2v) is 16.4. The van der Waals surface area contributed by atoms with Gasteiger partial charge >= 0.3 is 0 Å². The van der Waals surface area contributed by atoms with Gasteiger partial charge in [-0.25, -0.2) is 0 Å². The first-order valence-corrected chi connectivity index (χ1v) is 17.6. The Morgan fingerprint density at radius 2 is 1.16 bits per heavy atom. The second-order valence-electron chi connectivity index (χ2n) is 16.4. The van der Waals surface area contributed by atoms with Gasteiger partial charge in [-0.2, -0.15) is 0 Å². The highest BCUT2D eigenvalue weighted by Gasteiger charge is 2.65. The van der Waals surface area contributed by atoms with Crippen molar-refractivity contribution in [1.82, 2.24) is 0 Å². The lowest BCUT2D eigenvalue weighted by Gasteiger charge is -2.48. The predicted octanol–water partition coefficient (Wildman–Crippen LogP) is 8.89. The minimum absolute atomic E-state index is 0.102. The molecule has 0 aliphatic heterocycles. The Hall–Kier alpha value is -3.64. The standard InChI is InChI=1S/C43H28/c1-2-13-43-40-22-11-9-20-18-7-5-16-14-3-4-15-17-6-8-19-21-10-12-23(22)41(43)31(21)35-29(19)27(17)33-25(15)24(14)32-26(16)28(18)34(30(20)40)38-36(32)37(33)39(35)42(38)43/h2,18,20,42H,1,3-13H2/t18?,20?,42-,43+/m0/s1. The highest BCUT2D eigenvalue weighted by atomic mass is 14.7. The van der Waals surface area contributed by atoms with E-state index in [1.165, 1.54) is 64.2 Å². The van der Waals surface area contributed by atoms with Crippen LogP contribution in [0.15, 0.2) is 29.4 Å². The lowest BCUT2D eigenvalue weighted by Crippen LogP contribution is -2.41. The summed E-state index contributed by atoms with van der Waals surface area (Å²) in [5.74, 6) is 2.02. The number of aryl methyl sites for hydroxylation is 5. The normalized spacial score (nSPS) is 31.1. The summed E-state index contributed by atoms with van der Waals surface area (Å²) in [5.41, 5.74) is 27.5. The Kier molecular flexibility index (Phi) is 2.38. The molecule has 200 valence electrons. The predicted molar refractivity (Wildman–Crippen MR) is 175 cm³/mol. The molecule has 0 heteroatoms. The van der Waals surface area contributed by atoms with Crippen molar-refractivity contribution in [3.05, 3.63) is 90.2 Å². The number of hydrogen-bond acceptors (Lipinski definition) is 0. The fourth-order valence-electron chi connectivity index (χ4n) is 15.5. The number of hydrogen-bond donors (Lipinski definition) is 0. The summed E-state index contributed by atoms with van der Waals surface area (Å²) < 4.78 is 0. The molecule has 0 saturated heterocycles. The Bertz CT molecular complexity index is 2820. The maximum atomic E-state index is 4.54. The van der Waals surface area contributed by atoms with Gasteiger partial charge in [0.1, 0.15) is 0 Å². The molecule has 10 aliphatic rings. The molecule has 0 bridgehead atoms. The van der Waals surface area contributed by atoms with Gasteiger partial charge in [0.25, 0.3) is 0 Å². The summed E-state index contributed by atoms with van der Waals surface area (Å²) in [6.07, 6.45) is 16.6. The fraction of sp³-hybridized carbons (Fsp3) is 0.349. The molecule has 6 aromatic carbocycles. The van der Waals surface area contributed by atoms with Crippen LogP contribution in [0.25, 0.3) is 65.0 Å². The van der Waals surface area contributed by atoms with Crippen LogP contribution in [0, 0.1) is 11.3 Å². The highest BCUT2D eigenvalue weighted by molar-refractivity contribution is 6.45. The summed E-state index contributed by atoms with van der Waals surface area (Å²) in [4.78, 5) is 0. The van der Waals surface area contributed by atoms with Crippen LogP contribution in [-0.2, 0) is 38.5 Å². The molecule has 4 atom stereocenters. The average molecular weight is 545 g/mol. The van der Waals surface area contributed by atoms with Crippen LogP contribution in [-0.4, -0.2) is 0 Å². The molecule has 0 nitrogen and oxygen atoms in total. The van der Waals surface area contributed by atoms with Gasteiger partial charge < -0.3 is 0 Å². The number of benzene rings is 3. The van der Waals surface area contributed by atoms with E-state index in [4.69, 9.17) is 0 Å². The van der Waals surface area contributed by atoms with E-state index in [1.54, 1.807) is 86.9 Å². The molecule has 10 aliphatic carbocycles. The van der Waals surface area contributed by atoms with Crippen LogP contribution in [0.1, 0.15) is 99.6 Å². The fourth-order valence-corrected chi connectivity index (χ4v) is 15.5. The Balaban J connectivity index is 1.39. The molecule has 0 fully saturated rings. The monoisotopic (exact) mass is 544 g/mol. The summed E-state index contributed by atoms with van der Waals surface area (Å²) in [6, 6.07) is 0. The molecule has 0 aromatic heterocycles. The summed E-state index contributed by atoms with van der Waals surface area (Å²) in [6.45, 7) is 4.54. The van der Waals surface area contributed by atoms with Gasteiger partial charge in [-0.1, -0.05) is 6.08 Å². The van der Waals surface area contributed by atoms with Crippen molar-refractivity contribution in [2.75, 3.05) is 0 Å². The number of fused-ring (bicyclic) bond motifs is 4. The zero-order valence-corrected chi connectivity index (χ0v) is 24.3. The van der Waals surface area contributed by atoms with E-state index in [2.05, 4.69) is 12.7 Å². The summed E-state index contributed by atoms with van der Waals surface area (Å²) >= 11 is 0. The van der Waals surface area contributed by atoms with Crippen molar-refractivity contribution in [2.24, 2.45) is 11.3 Å². The smallest absolute Gasteiger partial charge is 0.0361 e. The van der Waals surface area contributed by atoms with E-state index in [9.17, 15) is 0 Å². The lowest BCUT2D eigenvalue weighted by molar-refractivity contribution is 0.411. The third-order valence-corrected chi connectivity index (χ3v) is 16.0. The van der Waals surface area contributed by atoms with Gasteiger partial charge in [0.2, 0.25) is 0 Å². The van der Waals surface area contributed by atoms with E-state index < -0.39 is 0 Å². The molecule has 0 spiro atoms. The Morgan fingerprint density at radius 1 is 0.535 bits per heavy atom. The zero-order valence-electron chi connectivity index (χ0n) is 24.3. The summed E-state index contributed by atoms with van der Waals surface area (Å²) in [7, 11) is 0. The number of allylic oxidation sites excluding steroid dienone is 5. The van der Waals surface area contributed by atoms with E-state index in [1.807, 2.05) is 55.7 Å². The van der Waals surface area contributed by atoms with E-state index in [0.717, 1.165) is 18.3 Å². The minimum atomic E-state index is 0.102. The molecule has 0 N–H and O–H groups in total. The zero-order chi connectivity index (χ0) is 26.7.